The number of phenols is 2. The molecule has 0 amide bonds. The average molecular weight is 1030 g/mol. The Balaban J connectivity index is 1.01. The molecule has 1 aliphatic rings. The van der Waals surface area contributed by atoms with Crippen LogP contribution in [0.5, 0.6) is 28.7 Å². The predicted octanol–water partition coefficient (Wildman–Crippen LogP) is 18.2. The molecule has 0 aliphatic heterocycles. The topological polar surface area (TPSA) is 78.0 Å². The molecule has 77 heavy (non-hydrogen) atoms. The molecule has 1 aliphatic carbocycles. The maximum atomic E-state index is 12.8. The minimum atomic E-state index is -0.257. The van der Waals surface area contributed by atoms with Crippen LogP contribution in [0.2, 0.25) is 0 Å². The summed E-state index contributed by atoms with van der Waals surface area (Å²) in [6, 6.07) is 46.5. The number of rotatable bonds is 15. The van der Waals surface area contributed by atoms with Crippen molar-refractivity contribution in [2.45, 2.75) is 132 Å². The Bertz CT molecular complexity index is 3610. The summed E-state index contributed by atoms with van der Waals surface area (Å²) in [6.07, 6.45) is 6.19. The minimum absolute atomic E-state index is 0.0460. The lowest BCUT2D eigenvalue weighted by atomic mass is 9.71. The standard InChI is InChI=1S/C70H80N2O5/c1-44-30-32-63(53(34-44)55-35-46(69(9,10)42-67(3,4)5)37-61(65(55)73)71-57-26-18-14-22-49(57)50-23-15-19-27-58(50)71)76-40-45(2)41-77-64-33-31-48(75-13)39-54(64)56-36-47(70(11,12)43-68(6,7)8)38-62(66(56)74)72-59-28-20-16-24-51(59)52-25-17-21-29-60(52)72/h14,16-18,20-22,24-26,28-39,45,73-74H,15,19,23,27,40-43H2,1-13H3. The van der Waals surface area contributed by atoms with Crippen molar-refractivity contribution in [3.05, 3.63) is 161 Å². The van der Waals surface area contributed by atoms with Gasteiger partial charge < -0.3 is 33.6 Å². The lowest BCUT2D eigenvalue weighted by Gasteiger charge is -2.34. The average Bonchev–Trinajstić information content (AvgIpc) is 3.92. The molecular formula is C70H80N2O5. The van der Waals surface area contributed by atoms with Gasteiger partial charge in [-0.3, -0.25) is 0 Å². The molecule has 0 radical (unpaired) electrons. The number of aromatic nitrogens is 2. The van der Waals surface area contributed by atoms with Crippen molar-refractivity contribution in [2.24, 2.45) is 16.7 Å². The van der Waals surface area contributed by atoms with Crippen LogP contribution in [0.15, 0.2) is 133 Å². The molecule has 7 heteroatoms. The van der Waals surface area contributed by atoms with Crippen LogP contribution < -0.4 is 14.2 Å². The summed E-state index contributed by atoms with van der Waals surface area (Å²) in [5.74, 6) is 2.36. The molecule has 1 unspecified atom stereocenters. The molecule has 0 spiro atoms. The van der Waals surface area contributed by atoms with Crippen molar-refractivity contribution >= 4 is 32.7 Å². The van der Waals surface area contributed by atoms with Crippen LogP contribution in [0.25, 0.3) is 66.3 Å². The third-order valence-electron chi connectivity index (χ3n) is 15.9. The van der Waals surface area contributed by atoms with E-state index in [2.05, 4.69) is 201 Å². The lowest BCUT2D eigenvalue weighted by Crippen LogP contribution is -2.25. The van der Waals surface area contributed by atoms with E-state index < -0.39 is 0 Å². The summed E-state index contributed by atoms with van der Waals surface area (Å²) >= 11 is 0. The van der Waals surface area contributed by atoms with Crippen molar-refractivity contribution in [1.29, 1.82) is 0 Å². The van der Waals surface area contributed by atoms with Crippen LogP contribution in [0.4, 0.5) is 0 Å². The third kappa shape index (κ3) is 10.6. The first kappa shape index (κ1) is 53.3. The molecule has 1 atom stereocenters. The fraction of sp³-hybridized carbons (Fsp3) is 0.371. The maximum Gasteiger partial charge on any atom is 0.147 e. The Hall–Kier alpha value is -7.12. The summed E-state index contributed by atoms with van der Waals surface area (Å²) in [5.41, 5.74) is 13.5. The van der Waals surface area contributed by atoms with E-state index >= 15 is 0 Å². The van der Waals surface area contributed by atoms with Crippen LogP contribution in [0.3, 0.4) is 0 Å². The second kappa shape index (κ2) is 20.4. The first-order chi connectivity index (χ1) is 36.5. The third-order valence-corrected chi connectivity index (χ3v) is 15.9. The number of methoxy groups -OCH3 is 1. The number of hydrogen-bond donors (Lipinski definition) is 2. The summed E-state index contributed by atoms with van der Waals surface area (Å²) in [7, 11) is 1.67. The van der Waals surface area contributed by atoms with Gasteiger partial charge in [-0.15, -0.1) is 0 Å². The van der Waals surface area contributed by atoms with E-state index in [0.717, 1.165) is 92.9 Å². The highest BCUT2D eigenvalue weighted by atomic mass is 16.5. The van der Waals surface area contributed by atoms with Crippen LogP contribution in [0, 0.1) is 23.7 Å². The Morgan fingerprint density at radius 2 is 0.961 bits per heavy atom. The molecular weight excluding hydrogens is 949 g/mol. The Morgan fingerprint density at radius 3 is 1.48 bits per heavy atom. The van der Waals surface area contributed by atoms with Gasteiger partial charge in [-0.05, 0) is 157 Å². The van der Waals surface area contributed by atoms with E-state index in [-0.39, 0.29) is 39.1 Å². The second-order valence-corrected chi connectivity index (χ2v) is 26.0. The normalized spacial score (nSPS) is 13.8. The van der Waals surface area contributed by atoms with Crippen molar-refractivity contribution < 1.29 is 24.4 Å². The number of aromatic hydroxyl groups is 2. The number of benzene rings is 7. The summed E-state index contributed by atoms with van der Waals surface area (Å²) < 4.78 is 24.2. The molecule has 400 valence electrons. The number of ether oxygens (including phenoxy) is 3. The van der Waals surface area contributed by atoms with Gasteiger partial charge in [0.15, 0.2) is 0 Å². The van der Waals surface area contributed by atoms with Gasteiger partial charge in [0.25, 0.3) is 0 Å². The monoisotopic (exact) mass is 1030 g/mol. The largest absolute Gasteiger partial charge is 0.505 e. The zero-order valence-corrected chi connectivity index (χ0v) is 47.9. The Labute approximate surface area is 457 Å². The number of para-hydroxylation sites is 3. The summed E-state index contributed by atoms with van der Waals surface area (Å²) in [4.78, 5) is 0. The first-order valence-electron chi connectivity index (χ1n) is 27.9. The Kier molecular flexibility index (Phi) is 14.1. The maximum absolute atomic E-state index is 12.8. The number of fused-ring (bicyclic) bond motifs is 6. The van der Waals surface area contributed by atoms with Crippen molar-refractivity contribution in [3.63, 3.8) is 0 Å². The highest BCUT2D eigenvalue weighted by Gasteiger charge is 2.33. The van der Waals surface area contributed by atoms with Gasteiger partial charge in [0, 0.05) is 50.0 Å². The van der Waals surface area contributed by atoms with E-state index in [1.807, 2.05) is 24.3 Å². The van der Waals surface area contributed by atoms with Crippen molar-refractivity contribution in [3.8, 4) is 62.4 Å². The number of hydrogen-bond acceptors (Lipinski definition) is 5. The van der Waals surface area contributed by atoms with Gasteiger partial charge in [0.2, 0.25) is 0 Å². The van der Waals surface area contributed by atoms with Crippen molar-refractivity contribution in [1.82, 2.24) is 9.13 Å². The number of phenolic OH excluding ortho intramolecular Hbond substituents is 2. The quantitative estimate of drug-likeness (QED) is 0.107. The molecule has 0 saturated heterocycles. The lowest BCUT2D eigenvalue weighted by molar-refractivity contribution is 0.189. The van der Waals surface area contributed by atoms with Gasteiger partial charge in [0.05, 0.1) is 48.2 Å². The van der Waals surface area contributed by atoms with Gasteiger partial charge in [0.1, 0.15) is 28.7 Å². The van der Waals surface area contributed by atoms with Crippen LogP contribution in [-0.2, 0) is 23.7 Å². The molecule has 2 heterocycles. The van der Waals surface area contributed by atoms with Crippen LogP contribution in [0.1, 0.15) is 130 Å². The van der Waals surface area contributed by atoms with E-state index in [4.69, 9.17) is 14.2 Å². The van der Waals surface area contributed by atoms with Gasteiger partial charge >= 0.3 is 0 Å². The van der Waals surface area contributed by atoms with E-state index in [9.17, 15) is 10.2 Å². The molecule has 10 rings (SSSR count). The summed E-state index contributed by atoms with van der Waals surface area (Å²) in [6.45, 7) is 28.0. The van der Waals surface area contributed by atoms with Crippen molar-refractivity contribution in [2.75, 3.05) is 20.3 Å². The van der Waals surface area contributed by atoms with E-state index in [0.29, 0.717) is 41.7 Å². The van der Waals surface area contributed by atoms with Gasteiger partial charge in [-0.1, -0.05) is 142 Å². The fourth-order valence-electron chi connectivity index (χ4n) is 13.0. The first-order valence-corrected chi connectivity index (χ1v) is 27.9. The number of aryl methyl sites for hydroxylation is 2. The minimum Gasteiger partial charge on any atom is -0.505 e. The molecule has 2 N–H and O–H groups in total. The van der Waals surface area contributed by atoms with Gasteiger partial charge in [-0.25, -0.2) is 0 Å². The highest BCUT2D eigenvalue weighted by molar-refractivity contribution is 6.09. The summed E-state index contributed by atoms with van der Waals surface area (Å²) in [5, 5.41) is 29.2. The van der Waals surface area contributed by atoms with E-state index in [1.54, 1.807) is 7.11 Å². The number of nitrogens with zero attached hydrogens (tertiary/aromatic N) is 2. The molecule has 7 aromatic carbocycles. The molecule has 0 saturated carbocycles. The molecule has 2 aromatic heterocycles. The van der Waals surface area contributed by atoms with E-state index in [1.165, 1.54) is 28.6 Å². The molecule has 0 bridgehead atoms. The molecule has 9 aromatic rings. The second-order valence-electron chi connectivity index (χ2n) is 26.0. The fourth-order valence-corrected chi connectivity index (χ4v) is 13.0. The SMILES string of the molecule is COc1ccc(OCC(C)COc2ccc(C)cc2-c2cc(C(C)(C)CC(C)(C)C)cc(-n3c4c(c5ccccc53)CCCC4)c2O)c(-c2cc(C(C)(C)CC(C)(C)C)cc(-n3c4ccccc4c4ccccc43)c2O)c1. The zero-order chi connectivity index (χ0) is 54.8. The van der Waals surface area contributed by atoms with Crippen LogP contribution in [-0.4, -0.2) is 39.7 Å². The molecule has 7 nitrogen and oxygen atoms in total. The van der Waals surface area contributed by atoms with Crippen LogP contribution >= 0.6 is 0 Å². The predicted molar refractivity (Wildman–Crippen MR) is 321 cm³/mol. The Morgan fingerprint density at radius 1 is 0.506 bits per heavy atom. The highest BCUT2D eigenvalue weighted by Crippen LogP contribution is 2.50. The zero-order valence-electron chi connectivity index (χ0n) is 47.9. The van der Waals surface area contributed by atoms with Gasteiger partial charge in [-0.2, -0.15) is 0 Å². The smallest absolute Gasteiger partial charge is 0.147 e. The molecule has 0 fully saturated rings.